The maximum Gasteiger partial charge on any atom is 0.290 e. The van der Waals surface area contributed by atoms with E-state index >= 15 is 0 Å². The SMILES string of the molecule is CC1c2cc(F)ccc2CCN1S(=O)(=O)c1c(Cl)cccc1[N+](=O)[O-]. The molecule has 3 rings (SSSR count). The van der Waals surface area contributed by atoms with E-state index in [-0.39, 0.29) is 11.6 Å². The second-order valence-electron chi connectivity index (χ2n) is 5.73. The molecular weight excluding hydrogens is 371 g/mol. The predicted molar refractivity (Wildman–Crippen MR) is 90.5 cm³/mol. The standard InChI is InChI=1S/C16H14ClFN2O4S/c1-10-13-9-12(18)6-5-11(13)7-8-19(10)25(23,24)16-14(17)3-2-4-15(16)20(21)22/h2-6,9-10H,7-8H2,1H3. The average molecular weight is 385 g/mol. The van der Waals surface area contributed by atoms with Gasteiger partial charge in [-0.05, 0) is 42.7 Å². The Labute approximate surface area is 149 Å². The summed E-state index contributed by atoms with van der Waals surface area (Å²) in [5.74, 6) is -0.464. The van der Waals surface area contributed by atoms with Crippen LogP contribution in [0.25, 0.3) is 0 Å². The molecule has 0 N–H and O–H groups in total. The maximum atomic E-state index is 13.6. The summed E-state index contributed by atoms with van der Waals surface area (Å²) in [7, 11) is -4.24. The molecule has 0 saturated carbocycles. The zero-order chi connectivity index (χ0) is 18.4. The van der Waals surface area contributed by atoms with Gasteiger partial charge in [-0.3, -0.25) is 10.1 Å². The van der Waals surface area contributed by atoms with E-state index < -0.39 is 37.4 Å². The summed E-state index contributed by atoms with van der Waals surface area (Å²) in [6.45, 7) is 1.75. The normalized spacial score (nSPS) is 18.0. The van der Waals surface area contributed by atoms with Crippen molar-refractivity contribution in [3.8, 4) is 0 Å². The Morgan fingerprint density at radius 2 is 2.04 bits per heavy atom. The van der Waals surface area contributed by atoms with Crippen molar-refractivity contribution in [3.63, 3.8) is 0 Å². The fourth-order valence-electron chi connectivity index (χ4n) is 3.10. The van der Waals surface area contributed by atoms with E-state index in [1.807, 2.05) is 0 Å². The molecule has 2 aromatic rings. The van der Waals surface area contributed by atoms with Gasteiger partial charge in [0.2, 0.25) is 0 Å². The summed E-state index contributed by atoms with van der Waals surface area (Å²) >= 11 is 5.98. The van der Waals surface area contributed by atoms with Gasteiger partial charge in [0.25, 0.3) is 15.7 Å². The molecule has 1 aliphatic heterocycles. The van der Waals surface area contributed by atoms with Crippen LogP contribution in [0.2, 0.25) is 5.02 Å². The largest absolute Gasteiger partial charge is 0.290 e. The van der Waals surface area contributed by atoms with Crippen molar-refractivity contribution in [2.75, 3.05) is 6.54 Å². The summed E-state index contributed by atoms with van der Waals surface area (Å²) < 4.78 is 40.9. The zero-order valence-electron chi connectivity index (χ0n) is 13.1. The van der Waals surface area contributed by atoms with Crippen molar-refractivity contribution in [3.05, 3.63) is 68.5 Å². The highest BCUT2D eigenvalue weighted by Gasteiger charge is 2.39. The molecule has 0 amide bonds. The minimum atomic E-state index is -4.24. The molecule has 0 aromatic heterocycles. The van der Waals surface area contributed by atoms with Crippen LogP contribution in [0.3, 0.4) is 0 Å². The molecule has 2 aromatic carbocycles. The van der Waals surface area contributed by atoms with Crippen LogP contribution < -0.4 is 0 Å². The van der Waals surface area contributed by atoms with Crippen LogP contribution >= 0.6 is 11.6 Å². The number of rotatable bonds is 3. The molecule has 1 unspecified atom stereocenters. The van der Waals surface area contributed by atoms with E-state index in [2.05, 4.69) is 0 Å². The minimum Gasteiger partial charge on any atom is -0.258 e. The van der Waals surface area contributed by atoms with Gasteiger partial charge in [0, 0.05) is 18.7 Å². The van der Waals surface area contributed by atoms with Gasteiger partial charge in [-0.2, -0.15) is 4.31 Å². The van der Waals surface area contributed by atoms with Gasteiger partial charge < -0.3 is 0 Å². The van der Waals surface area contributed by atoms with Gasteiger partial charge >= 0.3 is 0 Å². The summed E-state index contributed by atoms with van der Waals surface area (Å²) in [6.07, 6.45) is 0.386. The fourth-order valence-corrected chi connectivity index (χ4v) is 5.38. The molecule has 0 fully saturated rings. The van der Waals surface area contributed by atoms with Crippen LogP contribution in [0.5, 0.6) is 0 Å². The number of nitro benzene ring substituents is 1. The highest BCUT2D eigenvalue weighted by molar-refractivity contribution is 7.89. The molecule has 25 heavy (non-hydrogen) atoms. The van der Waals surface area contributed by atoms with E-state index in [1.54, 1.807) is 13.0 Å². The third-order valence-corrected chi connectivity index (χ3v) is 6.79. The van der Waals surface area contributed by atoms with Crippen LogP contribution in [-0.4, -0.2) is 24.2 Å². The van der Waals surface area contributed by atoms with Crippen molar-refractivity contribution in [1.82, 2.24) is 4.31 Å². The zero-order valence-corrected chi connectivity index (χ0v) is 14.7. The van der Waals surface area contributed by atoms with E-state index in [0.29, 0.717) is 12.0 Å². The van der Waals surface area contributed by atoms with Gasteiger partial charge in [-0.15, -0.1) is 0 Å². The van der Waals surface area contributed by atoms with E-state index in [4.69, 9.17) is 11.6 Å². The fraction of sp³-hybridized carbons (Fsp3) is 0.250. The monoisotopic (exact) mass is 384 g/mol. The Morgan fingerprint density at radius 3 is 2.72 bits per heavy atom. The van der Waals surface area contributed by atoms with Gasteiger partial charge in [0.15, 0.2) is 4.90 Å². The molecular formula is C16H14ClFN2O4S. The molecule has 0 spiro atoms. The second kappa shape index (κ2) is 6.36. The summed E-state index contributed by atoms with van der Waals surface area (Å²) in [4.78, 5) is 9.93. The first-order valence-electron chi connectivity index (χ1n) is 7.46. The van der Waals surface area contributed by atoms with E-state index in [0.717, 1.165) is 15.9 Å². The van der Waals surface area contributed by atoms with Crippen molar-refractivity contribution < 1.29 is 17.7 Å². The molecule has 0 bridgehead atoms. The number of sulfonamides is 1. The number of nitrogens with zero attached hydrogens (tertiary/aromatic N) is 2. The molecule has 0 radical (unpaired) electrons. The number of hydrogen-bond donors (Lipinski definition) is 0. The van der Waals surface area contributed by atoms with Crippen molar-refractivity contribution >= 4 is 27.3 Å². The average Bonchev–Trinajstić information content (AvgIpc) is 2.55. The van der Waals surface area contributed by atoms with E-state index in [1.165, 1.54) is 24.3 Å². The van der Waals surface area contributed by atoms with Crippen molar-refractivity contribution in [1.29, 1.82) is 0 Å². The van der Waals surface area contributed by atoms with Crippen LogP contribution in [-0.2, 0) is 16.4 Å². The van der Waals surface area contributed by atoms with Crippen LogP contribution in [0, 0.1) is 15.9 Å². The molecule has 0 aliphatic carbocycles. The molecule has 6 nitrogen and oxygen atoms in total. The number of benzene rings is 2. The molecule has 1 atom stereocenters. The molecule has 1 heterocycles. The molecule has 132 valence electrons. The Bertz CT molecular complexity index is 965. The third kappa shape index (κ3) is 3.01. The minimum absolute atomic E-state index is 0.129. The first kappa shape index (κ1) is 17.8. The van der Waals surface area contributed by atoms with Gasteiger partial charge in [0.1, 0.15) is 5.82 Å². The number of halogens is 2. The Kier molecular flexibility index (Phi) is 4.52. The topological polar surface area (TPSA) is 80.5 Å². The van der Waals surface area contributed by atoms with Crippen molar-refractivity contribution in [2.45, 2.75) is 24.3 Å². The number of fused-ring (bicyclic) bond motifs is 1. The lowest BCUT2D eigenvalue weighted by Gasteiger charge is -2.34. The van der Waals surface area contributed by atoms with Crippen LogP contribution in [0.4, 0.5) is 10.1 Å². The summed E-state index contributed by atoms with van der Waals surface area (Å²) in [6, 6.07) is 7.30. The van der Waals surface area contributed by atoms with E-state index in [9.17, 15) is 22.9 Å². The van der Waals surface area contributed by atoms with Gasteiger partial charge in [0.05, 0.1) is 9.95 Å². The summed E-state index contributed by atoms with van der Waals surface area (Å²) in [5, 5.41) is 11.0. The third-order valence-electron chi connectivity index (χ3n) is 4.30. The number of hydrogen-bond acceptors (Lipinski definition) is 4. The highest BCUT2D eigenvalue weighted by atomic mass is 35.5. The molecule has 0 saturated heterocycles. The smallest absolute Gasteiger partial charge is 0.258 e. The quantitative estimate of drug-likeness (QED) is 0.597. The summed E-state index contributed by atoms with van der Waals surface area (Å²) in [5.41, 5.74) is 0.822. The lowest BCUT2D eigenvalue weighted by atomic mass is 9.95. The highest BCUT2D eigenvalue weighted by Crippen LogP contribution is 2.39. The van der Waals surface area contributed by atoms with Crippen LogP contribution in [0.15, 0.2) is 41.3 Å². The molecule has 1 aliphatic rings. The molecule has 9 heteroatoms. The number of nitro groups is 1. The predicted octanol–water partition coefficient (Wildman–Crippen LogP) is 3.70. The first-order valence-corrected chi connectivity index (χ1v) is 9.28. The lowest BCUT2D eigenvalue weighted by molar-refractivity contribution is -0.387. The van der Waals surface area contributed by atoms with Gasteiger partial charge in [-0.25, -0.2) is 12.8 Å². The van der Waals surface area contributed by atoms with Crippen LogP contribution in [0.1, 0.15) is 24.1 Å². The van der Waals surface area contributed by atoms with Crippen molar-refractivity contribution in [2.24, 2.45) is 0 Å². The van der Waals surface area contributed by atoms with Gasteiger partial charge in [-0.1, -0.05) is 23.7 Å². The Hall–Kier alpha value is -2.03. The first-order chi connectivity index (χ1) is 11.7. The maximum absolute atomic E-state index is 13.6. The lowest BCUT2D eigenvalue weighted by Crippen LogP contribution is -2.39. The Balaban J connectivity index is 2.13. The Morgan fingerprint density at radius 1 is 1.32 bits per heavy atom. The second-order valence-corrected chi connectivity index (χ2v) is 7.96.